The van der Waals surface area contributed by atoms with E-state index in [9.17, 15) is 0 Å². The first-order chi connectivity index (χ1) is 5.04. The first-order valence-electron chi connectivity index (χ1n) is 4.65. The standard InChI is InChI=1S/C10H22O/c1-8(2)10(5)6-7-11-9(3)4/h8-10H,6-7H2,1-5H3/t10-/m0/s1. The highest BCUT2D eigenvalue weighted by Crippen LogP contribution is 2.13. The summed E-state index contributed by atoms with van der Waals surface area (Å²) in [6.45, 7) is 11.9. The second-order valence-corrected chi connectivity index (χ2v) is 3.93. The average molecular weight is 158 g/mol. The minimum atomic E-state index is 0.384. The summed E-state index contributed by atoms with van der Waals surface area (Å²) >= 11 is 0. The van der Waals surface area contributed by atoms with Crippen LogP contribution < -0.4 is 0 Å². The van der Waals surface area contributed by atoms with Gasteiger partial charge in [-0.3, -0.25) is 0 Å². The lowest BCUT2D eigenvalue weighted by atomic mass is 9.95. The quantitative estimate of drug-likeness (QED) is 0.597. The van der Waals surface area contributed by atoms with E-state index in [-0.39, 0.29) is 0 Å². The molecule has 1 atom stereocenters. The molecule has 0 radical (unpaired) electrons. The fourth-order valence-corrected chi connectivity index (χ4v) is 0.823. The van der Waals surface area contributed by atoms with E-state index >= 15 is 0 Å². The molecule has 1 heteroatoms. The van der Waals surface area contributed by atoms with Gasteiger partial charge < -0.3 is 4.74 Å². The Morgan fingerprint density at radius 1 is 1.00 bits per heavy atom. The predicted octanol–water partition coefficient (Wildman–Crippen LogP) is 3.09. The molecule has 0 rings (SSSR count). The smallest absolute Gasteiger partial charge is 0.0518 e. The molecule has 0 aliphatic heterocycles. The van der Waals surface area contributed by atoms with Crippen molar-refractivity contribution in [2.24, 2.45) is 11.8 Å². The third kappa shape index (κ3) is 6.36. The van der Waals surface area contributed by atoms with Gasteiger partial charge in [0.2, 0.25) is 0 Å². The minimum absolute atomic E-state index is 0.384. The third-order valence-corrected chi connectivity index (χ3v) is 2.16. The van der Waals surface area contributed by atoms with E-state index in [2.05, 4.69) is 34.6 Å². The van der Waals surface area contributed by atoms with E-state index in [1.165, 1.54) is 6.42 Å². The Morgan fingerprint density at radius 3 is 1.91 bits per heavy atom. The first-order valence-corrected chi connectivity index (χ1v) is 4.65. The molecule has 0 fully saturated rings. The molecule has 68 valence electrons. The van der Waals surface area contributed by atoms with Crippen LogP contribution >= 0.6 is 0 Å². The van der Waals surface area contributed by atoms with Crippen LogP contribution in [0.2, 0.25) is 0 Å². The number of rotatable bonds is 5. The summed E-state index contributed by atoms with van der Waals surface area (Å²) in [4.78, 5) is 0. The van der Waals surface area contributed by atoms with Crippen LogP contribution in [0.1, 0.15) is 41.0 Å². The second-order valence-electron chi connectivity index (χ2n) is 3.93. The Balaban J connectivity index is 3.24. The summed E-state index contributed by atoms with van der Waals surface area (Å²) in [7, 11) is 0. The SMILES string of the molecule is CC(C)OCC[C@H](C)C(C)C. The molecule has 0 aromatic carbocycles. The monoisotopic (exact) mass is 158 g/mol. The molecule has 0 heterocycles. The van der Waals surface area contributed by atoms with Crippen molar-refractivity contribution >= 4 is 0 Å². The van der Waals surface area contributed by atoms with Gasteiger partial charge in [0.05, 0.1) is 6.10 Å². The molecular formula is C10H22O. The maximum atomic E-state index is 5.46. The normalized spacial score (nSPS) is 14.5. The number of hydrogen-bond donors (Lipinski definition) is 0. The maximum absolute atomic E-state index is 5.46. The van der Waals surface area contributed by atoms with Crippen molar-refractivity contribution in [2.45, 2.75) is 47.1 Å². The van der Waals surface area contributed by atoms with Crippen LogP contribution in [-0.4, -0.2) is 12.7 Å². The first kappa shape index (κ1) is 11.0. The Labute approximate surface area is 71.1 Å². The number of ether oxygens (including phenoxy) is 1. The van der Waals surface area contributed by atoms with E-state index in [1.807, 2.05) is 0 Å². The van der Waals surface area contributed by atoms with Gasteiger partial charge in [0.1, 0.15) is 0 Å². The molecule has 0 aromatic heterocycles. The van der Waals surface area contributed by atoms with Crippen molar-refractivity contribution in [2.75, 3.05) is 6.61 Å². The molecule has 0 saturated carbocycles. The van der Waals surface area contributed by atoms with Gasteiger partial charge in [-0.25, -0.2) is 0 Å². The molecule has 0 aliphatic carbocycles. The van der Waals surface area contributed by atoms with Crippen molar-refractivity contribution in [3.63, 3.8) is 0 Å². The van der Waals surface area contributed by atoms with E-state index in [4.69, 9.17) is 4.74 Å². The summed E-state index contributed by atoms with van der Waals surface area (Å²) in [5.74, 6) is 1.57. The second kappa shape index (κ2) is 5.59. The topological polar surface area (TPSA) is 9.23 Å². The van der Waals surface area contributed by atoms with Crippen molar-refractivity contribution in [1.29, 1.82) is 0 Å². The van der Waals surface area contributed by atoms with E-state index in [1.54, 1.807) is 0 Å². The molecule has 0 saturated heterocycles. The van der Waals surface area contributed by atoms with Crippen LogP contribution in [-0.2, 0) is 4.74 Å². The van der Waals surface area contributed by atoms with E-state index in [0.29, 0.717) is 6.10 Å². The van der Waals surface area contributed by atoms with Crippen molar-refractivity contribution in [1.82, 2.24) is 0 Å². The lowest BCUT2D eigenvalue weighted by Gasteiger charge is -2.16. The average Bonchev–Trinajstić information content (AvgIpc) is 1.86. The van der Waals surface area contributed by atoms with Gasteiger partial charge in [0.15, 0.2) is 0 Å². The summed E-state index contributed by atoms with van der Waals surface area (Å²) in [6, 6.07) is 0. The zero-order valence-electron chi connectivity index (χ0n) is 8.55. The van der Waals surface area contributed by atoms with Crippen molar-refractivity contribution in [3.8, 4) is 0 Å². The highest BCUT2D eigenvalue weighted by atomic mass is 16.5. The van der Waals surface area contributed by atoms with Crippen LogP contribution in [0.15, 0.2) is 0 Å². The number of hydrogen-bond acceptors (Lipinski definition) is 1. The fraction of sp³-hybridized carbons (Fsp3) is 1.00. The Kier molecular flexibility index (Phi) is 5.57. The molecule has 11 heavy (non-hydrogen) atoms. The van der Waals surface area contributed by atoms with Crippen molar-refractivity contribution in [3.05, 3.63) is 0 Å². The zero-order chi connectivity index (χ0) is 8.85. The highest BCUT2D eigenvalue weighted by Gasteiger charge is 2.06. The summed E-state index contributed by atoms with van der Waals surface area (Å²) in [6.07, 6.45) is 1.57. The largest absolute Gasteiger partial charge is 0.379 e. The zero-order valence-corrected chi connectivity index (χ0v) is 8.55. The van der Waals surface area contributed by atoms with Crippen LogP contribution in [0, 0.1) is 11.8 Å². The van der Waals surface area contributed by atoms with Crippen LogP contribution in [0.3, 0.4) is 0 Å². The van der Waals surface area contributed by atoms with Crippen molar-refractivity contribution < 1.29 is 4.74 Å². The predicted molar refractivity (Wildman–Crippen MR) is 49.7 cm³/mol. The van der Waals surface area contributed by atoms with Gasteiger partial charge in [-0.05, 0) is 32.1 Å². The maximum Gasteiger partial charge on any atom is 0.0518 e. The van der Waals surface area contributed by atoms with Gasteiger partial charge in [-0.2, -0.15) is 0 Å². The molecule has 0 N–H and O–H groups in total. The van der Waals surface area contributed by atoms with Crippen LogP contribution in [0.4, 0.5) is 0 Å². The van der Waals surface area contributed by atoms with Gasteiger partial charge in [0.25, 0.3) is 0 Å². The highest BCUT2D eigenvalue weighted by molar-refractivity contribution is 4.56. The molecule has 0 unspecified atom stereocenters. The fourth-order valence-electron chi connectivity index (χ4n) is 0.823. The Hall–Kier alpha value is -0.0400. The summed E-state index contributed by atoms with van der Waals surface area (Å²) in [5, 5.41) is 0. The lowest BCUT2D eigenvalue weighted by molar-refractivity contribution is 0.0659. The Morgan fingerprint density at radius 2 is 1.55 bits per heavy atom. The molecule has 0 aliphatic rings. The third-order valence-electron chi connectivity index (χ3n) is 2.16. The molecule has 0 spiro atoms. The molecule has 0 aromatic rings. The molecule has 1 nitrogen and oxygen atoms in total. The van der Waals surface area contributed by atoms with Gasteiger partial charge in [-0.15, -0.1) is 0 Å². The summed E-state index contributed by atoms with van der Waals surface area (Å²) < 4.78 is 5.46. The Bertz CT molecular complexity index is 86.9. The minimum Gasteiger partial charge on any atom is -0.379 e. The molecule has 0 amide bonds. The van der Waals surface area contributed by atoms with E-state index in [0.717, 1.165) is 18.4 Å². The van der Waals surface area contributed by atoms with Gasteiger partial charge in [-0.1, -0.05) is 20.8 Å². The van der Waals surface area contributed by atoms with Crippen LogP contribution in [0.5, 0.6) is 0 Å². The van der Waals surface area contributed by atoms with E-state index < -0.39 is 0 Å². The molecular weight excluding hydrogens is 136 g/mol. The lowest BCUT2D eigenvalue weighted by Crippen LogP contribution is -2.10. The van der Waals surface area contributed by atoms with Gasteiger partial charge >= 0.3 is 0 Å². The van der Waals surface area contributed by atoms with Crippen LogP contribution in [0.25, 0.3) is 0 Å². The molecule has 0 bridgehead atoms. The summed E-state index contributed by atoms with van der Waals surface area (Å²) in [5.41, 5.74) is 0. The van der Waals surface area contributed by atoms with Gasteiger partial charge in [0, 0.05) is 6.61 Å².